The Bertz CT molecular complexity index is 454. The maximum Gasteiger partial charge on any atom is 0.240 e. The largest absolute Gasteiger partial charge is 0.370 e. The fourth-order valence-electron chi connectivity index (χ4n) is 2.21. The number of aryl methyl sites for hydroxylation is 1. The quantitative estimate of drug-likeness (QED) is 0.814. The van der Waals surface area contributed by atoms with E-state index >= 15 is 0 Å². The van der Waals surface area contributed by atoms with E-state index in [2.05, 4.69) is 36.2 Å². The van der Waals surface area contributed by atoms with Crippen molar-refractivity contribution in [2.24, 2.45) is 5.73 Å². The summed E-state index contributed by atoms with van der Waals surface area (Å²) < 4.78 is 0. The van der Waals surface area contributed by atoms with Gasteiger partial charge in [0, 0.05) is 25.3 Å². The van der Waals surface area contributed by atoms with Crippen LogP contribution in [-0.4, -0.2) is 31.1 Å². The number of nitrogens with two attached hydrogens (primary N) is 1. The average Bonchev–Trinajstić information content (AvgIpc) is 3.15. The summed E-state index contributed by atoms with van der Waals surface area (Å²) >= 11 is 0. The average molecular weight is 261 g/mol. The summed E-state index contributed by atoms with van der Waals surface area (Å²) in [5.74, 6) is -0.00617. The molecule has 1 saturated carbocycles. The number of para-hydroxylation sites is 1. The third-order valence-electron chi connectivity index (χ3n) is 3.75. The molecule has 0 unspecified atom stereocenters. The highest BCUT2D eigenvalue weighted by Gasteiger charge is 2.45. The van der Waals surface area contributed by atoms with Crippen LogP contribution in [0.1, 0.15) is 25.3 Å². The van der Waals surface area contributed by atoms with Crippen molar-refractivity contribution in [2.75, 3.05) is 24.5 Å². The second kappa shape index (κ2) is 5.61. The summed E-state index contributed by atoms with van der Waals surface area (Å²) in [6.45, 7) is 6.60. The molecular formula is C15H23N3O. The summed E-state index contributed by atoms with van der Waals surface area (Å²) in [5, 5.41) is 2.93. The molecule has 0 radical (unpaired) electrons. The van der Waals surface area contributed by atoms with Gasteiger partial charge in [0.05, 0.1) is 5.54 Å². The van der Waals surface area contributed by atoms with E-state index in [1.165, 1.54) is 11.3 Å². The number of nitrogens with zero attached hydrogens (tertiary/aromatic N) is 1. The van der Waals surface area contributed by atoms with Crippen LogP contribution in [0, 0.1) is 6.92 Å². The molecule has 1 fully saturated rings. The number of hydrogen-bond acceptors (Lipinski definition) is 3. The molecule has 1 aromatic carbocycles. The van der Waals surface area contributed by atoms with Gasteiger partial charge in [0.15, 0.2) is 0 Å². The van der Waals surface area contributed by atoms with Crippen molar-refractivity contribution in [3.63, 3.8) is 0 Å². The molecule has 0 bridgehead atoms. The van der Waals surface area contributed by atoms with Gasteiger partial charge in [-0.15, -0.1) is 0 Å². The zero-order chi connectivity index (χ0) is 13.9. The van der Waals surface area contributed by atoms with Crippen molar-refractivity contribution in [3.8, 4) is 0 Å². The van der Waals surface area contributed by atoms with Gasteiger partial charge >= 0.3 is 0 Å². The van der Waals surface area contributed by atoms with E-state index in [1.54, 1.807) is 0 Å². The Labute approximate surface area is 115 Å². The molecule has 1 aliphatic carbocycles. The second-order valence-electron chi connectivity index (χ2n) is 5.28. The van der Waals surface area contributed by atoms with Crippen molar-refractivity contribution in [1.82, 2.24) is 5.32 Å². The number of carbonyl (C=O) groups is 1. The molecule has 2 rings (SSSR count). The SMILES string of the molecule is CCN(CCNC(=O)C1(N)CC1)c1ccccc1C. The molecule has 104 valence electrons. The van der Waals surface area contributed by atoms with Crippen LogP contribution in [0.2, 0.25) is 0 Å². The molecule has 0 aliphatic heterocycles. The Morgan fingerprint density at radius 2 is 2.11 bits per heavy atom. The fraction of sp³-hybridized carbons (Fsp3) is 0.533. The van der Waals surface area contributed by atoms with Gasteiger partial charge in [0.2, 0.25) is 5.91 Å². The number of benzene rings is 1. The second-order valence-corrected chi connectivity index (χ2v) is 5.28. The standard InChI is InChI=1S/C15H23N3O/c1-3-18(13-7-5-4-6-12(13)2)11-10-17-14(19)15(16)8-9-15/h4-7H,3,8-11,16H2,1-2H3,(H,17,19). The van der Waals surface area contributed by atoms with Crippen molar-refractivity contribution >= 4 is 11.6 Å². The molecule has 0 aromatic heterocycles. The normalized spacial score (nSPS) is 15.9. The number of carbonyl (C=O) groups excluding carboxylic acids is 1. The highest BCUT2D eigenvalue weighted by molar-refractivity contribution is 5.88. The van der Waals surface area contributed by atoms with Gasteiger partial charge in [-0.2, -0.15) is 0 Å². The lowest BCUT2D eigenvalue weighted by Crippen LogP contribution is -2.45. The van der Waals surface area contributed by atoms with E-state index in [9.17, 15) is 4.79 Å². The van der Waals surface area contributed by atoms with Crippen LogP contribution in [0.5, 0.6) is 0 Å². The lowest BCUT2D eigenvalue weighted by Gasteiger charge is -2.25. The van der Waals surface area contributed by atoms with Gasteiger partial charge in [0.25, 0.3) is 0 Å². The third-order valence-corrected chi connectivity index (χ3v) is 3.75. The van der Waals surface area contributed by atoms with Gasteiger partial charge in [-0.3, -0.25) is 4.79 Å². The minimum Gasteiger partial charge on any atom is -0.370 e. The number of amides is 1. The summed E-state index contributed by atoms with van der Waals surface area (Å²) in [5.41, 5.74) is 7.77. The van der Waals surface area contributed by atoms with Crippen LogP contribution in [0.4, 0.5) is 5.69 Å². The van der Waals surface area contributed by atoms with Crippen LogP contribution in [0.25, 0.3) is 0 Å². The molecule has 1 amide bonds. The highest BCUT2D eigenvalue weighted by Crippen LogP contribution is 2.31. The minimum absolute atomic E-state index is 0.00617. The first kappa shape index (κ1) is 13.9. The van der Waals surface area contributed by atoms with E-state index < -0.39 is 5.54 Å². The van der Waals surface area contributed by atoms with Crippen LogP contribution in [0.3, 0.4) is 0 Å². The fourth-order valence-corrected chi connectivity index (χ4v) is 2.21. The summed E-state index contributed by atoms with van der Waals surface area (Å²) in [6, 6.07) is 8.31. The van der Waals surface area contributed by atoms with Crippen LogP contribution in [0.15, 0.2) is 24.3 Å². The first-order chi connectivity index (χ1) is 9.07. The lowest BCUT2D eigenvalue weighted by atomic mass is 10.2. The van der Waals surface area contributed by atoms with Gasteiger partial charge in [0.1, 0.15) is 0 Å². The smallest absolute Gasteiger partial charge is 0.240 e. The van der Waals surface area contributed by atoms with E-state index in [0.29, 0.717) is 6.54 Å². The van der Waals surface area contributed by atoms with E-state index in [0.717, 1.165) is 25.9 Å². The molecule has 4 nitrogen and oxygen atoms in total. The van der Waals surface area contributed by atoms with Crippen molar-refractivity contribution in [1.29, 1.82) is 0 Å². The minimum atomic E-state index is -0.570. The van der Waals surface area contributed by atoms with Gasteiger partial charge in [-0.1, -0.05) is 18.2 Å². The first-order valence-electron chi connectivity index (χ1n) is 6.94. The molecule has 0 saturated heterocycles. The first-order valence-corrected chi connectivity index (χ1v) is 6.94. The number of rotatable bonds is 6. The highest BCUT2D eigenvalue weighted by atomic mass is 16.2. The number of hydrogen-bond donors (Lipinski definition) is 2. The monoisotopic (exact) mass is 261 g/mol. The van der Waals surface area contributed by atoms with E-state index in [-0.39, 0.29) is 5.91 Å². The number of anilines is 1. The molecule has 1 aromatic rings. The van der Waals surface area contributed by atoms with E-state index in [4.69, 9.17) is 5.73 Å². The predicted octanol–water partition coefficient (Wildman–Crippen LogP) is 1.43. The predicted molar refractivity (Wildman–Crippen MR) is 78.2 cm³/mol. The number of likely N-dealkylation sites (N-methyl/N-ethyl adjacent to an activating group) is 1. The van der Waals surface area contributed by atoms with Crippen LogP contribution < -0.4 is 16.0 Å². The summed E-state index contributed by atoms with van der Waals surface area (Å²) in [4.78, 5) is 14.0. The zero-order valence-corrected chi connectivity index (χ0v) is 11.8. The van der Waals surface area contributed by atoms with Crippen LogP contribution in [-0.2, 0) is 4.79 Å². The molecular weight excluding hydrogens is 238 g/mol. The molecule has 3 N–H and O–H groups in total. The maximum atomic E-state index is 11.7. The lowest BCUT2D eigenvalue weighted by molar-refractivity contribution is -0.123. The Morgan fingerprint density at radius 1 is 1.42 bits per heavy atom. The van der Waals surface area contributed by atoms with Gasteiger partial charge in [-0.25, -0.2) is 0 Å². The van der Waals surface area contributed by atoms with Gasteiger partial charge < -0.3 is 16.0 Å². The van der Waals surface area contributed by atoms with Crippen LogP contribution >= 0.6 is 0 Å². The van der Waals surface area contributed by atoms with Crippen molar-refractivity contribution in [3.05, 3.63) is 29.8 Å². The molecule has 1 aliphatic rings. The molecule has 0 heterocycles. The van der Waals surface area contributed by atoms with Crippen molar-refractivity contribution < 1.29 is 4.79 Å². The number of nitrogens with one attached hydrogen (secondary N) is 1. The molecule has 4 heteroatoms. The summed E-state index contributed by atoms with van der Waals surface area (Å²) in [6.07, 6.45) is 1.63. The Hall–Kier alpha value is -1.55. The molecule has 0 spiro atoms. The maximum absolute atomic E-state index is 11.7. The Morgan fingerprint density at radius 3 is 2.68 bits per heavy atom. The Kier molecular flexibility index (Phi) is 4.10. The van der Waals surface area contributed by atoms with Gasteiger partial charge in [-0.05, 0) is 38.3 Å². The molecule has 0 atom stereocenters. The molecule has 19 heavy (non-hydrogen) atoms. The Balaban J connectivity index is 1.86. The topological polar surface area (TPSA) is 58.4 Å². The summed E-state index contributed by atoms with van der Waals surface area (Å²) in [7, 11) is 0. The third kappa shape index (κ3) is 3.26. The van der Waals surface area contributed by atoms with Crippen molar-refractivity contribution in [2.45, 2.75) is 32.2 Å². The van der Waals surface area contributed by atoms with E-state index in [1.807, 2.05) is 12.1 Å². The zero-order valence-electron chi connectivity index (χ0n) is 11.8.